The van der Waals surface area contributed by atoms with E-state index in [1.165, 1.54) is 0 Å². The SMILES string of the molecule is CCCOc1c(OC)cc(/C=C/c2ccc(/C=C/c3cc(OC)c(OCCC)c(OC)c3)cc2)cc1OC. The third-order valence-electron chi connectivity index (χ3n) is 5.74. The smallest absolute Gasteiger partial charge is 0.203 e. The lowest BCUT2D eigenvalue weighted by Gasteiger charge is -2.15. The van der Waals surface area contributed by atoms with Crippen LogP contribution >= 0.6 is 0 Å². The molecule has 3 aromatic carbocycles. The third kappa shape index (κ3) is 7.48. The van der Waals surface area contributed by atoms with Gasteiger partial charge in [-0.15, -0.1) is 0 Å². The molecule has 0 aliphatic carbocycles. The average Bonchev–Trinajstić information content (AvgIpc) is 2.96. The maximum Gasteiger partial charge on any atom is 0.203 e. The van der Waals surface area contributed by atoms with E-state index in [0.29, 0.717) is 47.7 Å². The van der Waals surface area contributed by atoms with E-state index in [2.05, 4.69) is 50.3 Å². The van der Waals surface area contributed by atoms with Crippen molar-refractivity contribution in [1.29, 1.82) is 0 Å². The van der Waals surface area contributed by atoms with Crippen LogP contribution in [0.1, 0.15) is 48.9 Å². The minimum atomic E-state index is 0.600. The van der Waals surface area contributed by atoms with Crippen LogP contribution in [0.15, 0.2) is 48.5 Å². The zero-order valence-corrected chi connectivity index (χ0v) is 23.2. The second kappa shape index (κ2) is 14.6. The van der Waals surface area contributed by atoms with Gasteiger partial charge in [0, 0.05) is 0 Å². The Morgan fingerprint density at radius 2 is 0.763 bits per heavy atom. The van der Waals surface area contributed by atoms with E-state index < -0.39 is 0 Å². The number of benzene rings is 3. The fraction of sp³-hybridized carbons (Fsp3) is 0.312. The molecule has 0 saturated carbocycles. The van der Waals surface area contributed by atoms with Crippen molar-refractivity contribution in [2.45, 2.75) is 26.7 Å². The molecule has 6 nitrogen and oxygen atoms in total. The molecule has 0 radical (unpaired) electrons. The topological polar surface area (TPSA) is 55.4 Å². The van der Waals surface area contributed by atoms with E-state index in [1.54, 1.807) is 28.4 Å². The van der Waals surface area contributed by atoms with Gasteiger partial charge in [0.15, 0.2) is 23.0 Å². The molecule has 0 bridgehead atoms. The summed E-state index contributed by atoms with van der Waals surface area (Å²) in [6.07, 6.45) is 9.97. The minimum Gasteiger partial charge on any atom is -0.493 e. The quantitative estimate of drug-likeness (QED) is 0.204. The van der Waals surface area contributed by atoms with Crippen molar-refractivity contribution < 1.29 is 28.4 Å². The predicted molar refractivity (Wildman–Crippen MR) is 155 cm³/mol. The van der Waals surface area contributed by atoms with Gasteiger partial charge in [0.25, 0.3) is 0 Å². The molecule has 3 aromatic rings. The van der Waals surface area contributed by atoms with E-state index >= 15 is 0 Å². The lowest BCUT2D eigenvalue weighted by Crippen LogP contribution is -2.00. The Kier molecular flexibility index (Phi) is 11.0. The Labute approximate surface area is 226 Å². The van der Waals surface area contributed by atoms with Crippen LogP contribution in [0.2, 0.25) is 0 Å². The van der Waals surface area contributed by atoms with Crippen molar-refractivity contribution >= 4 is 24.3 Å². The first kappa shape index (κ1) is 28.5. The lowest BCUT2D eigenvalue weighted by molar-refractivity contribution is 0.275. The highest BCUT2D eigenvalue weighted by atomic mass is 16.5. The van der Waals surface area contributed by atoms with Crippen molar-refractivity contribution in [3.05, 3.63) is 70.8 Å². The van der Waals surface area contributed by atoms with Gasteiger partial charge in [-0.3, -0.25) is 0 Å². The summed E-state index contributed by atoms with van der Waals surface area (Å²) in [5, 5.41) is 0. The van der Waals surface area contributed by atoms with Crippen LogP contribution < -0.4 is 28.4 Å². The van der Waals surface area contributed by atoms with Gasteiger partial charge in [-0.25, -0.2) is 0 Å². The van der Waals surface area contributed by atoms with Gasteiger partial charge in [-0.1, -0.05) is 62.4 Å². The van der Waals surface area contributed by atoms with Gasteiger partial charge in [-0.05, 0) is 59.4 Å². The Bertz CT molecular complexity index is 1080. The zero-order chi connectivity index (χ0) is 27.3. The van der Waals surface area contributed by atoms with Crippen LogP contribution in [0.4, 0.5) is 0 Å². The summed E-state index contributed by atoms with van der Waals surface area (Å²) in [5.41, 5.74) is 4.07. The predicted octanol–water partition coefficient (Wildman–Crippen LogP) is 7.64. The molecule has 0 unspecified atom stereocenters. The monoisotopic (exact) mass is 518 g/mol. The minimum absolute atomic E-state index is 0.600. The van der Waals surface area contributed by atoms with Crippen LogP contribution in [0.3, 0.4) is 0 Å². The highest BCUT2D eigenvalue weighted by Crippen LogP contribution is 2.40. The van der Waals surface area contributed by atoms with Crippen LogP contribution in [-0.2, 0) is 0 Å². The fourth-order valence-corrected chi connectivity index (χ4v) is 3.79. The van der Waals surface area contributed by atoms with Crippen LogP contribution in [-0.4, -0.2) is 41.7 Å². The molecule has 0 heterocycles. The van der Waals surface area contributed by atoms with Crippen molar-refractivity contribution in [2.75, 3.05) is 41.7 Å². The van der Waals surface area contributed by atoms with E-state index in [0.717, 1.165) is 35.1 Å². The summed E-state index contributed by atoms with van der Waals surface area (Å²) in [5.74, 6) is 3.85. The number of hydrogen-bond acceptors (Lipinski definition) is 6. The van der Waals surface area contributed by atoms with Gasteiger partial charge in [0.2, 0.25) is 11.5 Å². The average molecular weight is 519 g/mol. The first-order valence-corrected chi connectivity index (χ1v) is 12.8. The second-order valence-electron chi connectivity index (χ2n) is 8.54. The first-order chi connectivity index (χ1) is 18.6. The summed E-state index contributed by atoms with van der Waals surface area (Å²) < 4.78 is 33.8. The Morgan fingerprint density at radius 1 is 0.474 bits per heavy atom. The van der Waals surface area contributed by atoms with E-state index in [9.17, 15) is 0 Å². The molecule has 0 fully saturated rings. The van der Waals surface area contributed by atoms with Gasteiger partial charge in [-0.2, -0.15) is 0 Å². The summed E-state index contributed by atoms with van der Waals surface area (Å²) in [4.78, 5) is 0. The highest BCUT2D eigenvalue weighted by molar-refractivity contribution is 5.75. The van der Waals surface area contributed by atoms with Gasteiger partial charge in [0.05, 0.1) is 41.7 Å². The first-order valence-electron chi connectivity index (χ1n) is 12.8. The Balaban J connectivity index is 1.75. The molecule has 0 spiro atoms. The number of rotatable bonds is 14. The molecular weight excluding hydrogens is 480 g/mol. The summed E-state index contributed by atoms with van der Waals surface area (Å²) in [7, 11) is 6.53. The van der Waals surface area contributed by atoms with Gasteiger partial charge < -0.3 is 28.4 Å². The molecule has 202 valence electrons. The molecular formula is C32H38O6. The van der Waals surface area contributed by atoms with Crippen molar-refractivity contribution in [1.82, 2.24) is 0 Å². The van der Waals surface area contributed by atoms with Gasteiger partial charge >= 0.3 is 0 Å². The molecule has 0 aromatic heterocycles. The normalized spacial score (nSPS) is 11.1. The van der Waals surface area contributed by atoms with E-state index in [4.69, 9.17) is 28.4 Å². The van der Waals surface area contributed by atoms with Crippen LogP contribution in [0, 0.1) is 0 Å². The Morgan fingerprint density at radius 3 is 1.03 bits per heavy atom. The van der Waals surface area contributed by atoms with Crippen molar-refractivity contribution in [3.8, 4) is 34.5 Å². The zero-order valence-electron chi connectivity index (χ0n) is 23.2. The number of methoxy groups -OCH3 is 4. The number of hydrogen-bond donors (Lipinski definition) is 0. The lowest BCUT2D eigenvalue weighted by atomic mass is 10.1. The molecule has 3 rings (SSSR count). The third-order valence-corrected chi connectivity index (χ3v) is 5.74. The highest BCUT2D eigenvalue weighted by Gasteiger charge is 2.14. The molecule has 38 heavy (non-hydrogen) atoms. The second-order valence-corrected chi connectivity index (χ2v) is 8.54. The van der Waals surface area contributed by atoms with Gasteiger partial charge in [0.1, 0.15) is 0 Å². The Hall–Kier alpha value is -4.06. The summed E-state index contributed by atoms with van der Waals surface area (Å²) in [6.45, 7) is 5.32. The molecule has 0 saturated heterocycles. The fourth-order valence-electron chi connectivity index (χ4n) is 3.79. The standard InChI is InChI=1S/C32H38O6/c1-7-17-37-31-27(33-3)19-25(20-28(31)34-4)15-13-23-9-11-24(12-10-23)14-16-26-21-29(35-5)32(38-18-8-2)30(22-26)36-6/h9-16,19-22H,7-8,17-18H2,1-6H3/b15-13+,16-14+. The largest absolute Gasteiger partial charge is 0.493 e. The summed E-state index contributed by atoms with van der Waals surface area (Å²) >= 11 is 0. The number of ether oxygens (including phenoxy) is 6. The van der Waals surface area contributed by atoms with E-state index in [-0.39, 0.29) is 0 Å². The van der Waals surface area contributed by atoms with Crippen LogP contribution in [0.5, 0.6) is 34.5 Å². The van der Waals surface area contributed by atoms with Crippen molar-refractivity contribution in [3.63, 3.8) is 0 Å². The molecule has 0 aliphatic heterocycles. The molecule has 0 amide bonds. The maximum absolute atomic E-state index is 5.83. The maximum atomic E-state index is 5.83. The van der Waals surface area contributed by atoms with Crippen molar-refractivity contribution in [2.24, 2.45) is 0 Å². The molecule has 6 heteroatoms. The van der Waals surface area contributed by atoms with Crippen LogP contribution in [0.25, 0.3) is 24.3 Å². The van der Waals surface area contributed by atoms with E-state index in [1.807, 2.05) is 36.4 Å². The molecule has 0 aliphatic rings. The molecule has 0 atom stereocenters. The summed E-state index contributed by atoms with van der Waals surface area (Å²) in [6, 6.07) is 16.1. The molecule has 0 N–H and O–H groups in total.